The van der Waals surface area contributed by atoms with Gasteiger partial charge < -0.3 is 4.57 Å². The Kier molecular flexibility index (Phi) is 4.24. The summed E-state index contributed by atoms with van der Waals surface area (Å²) in [5.74, 6) is 0. The maximum atomic E-state index is 12.0. The lowest BCUT2D eigenvalue weighted by Gasteiger charge is -2.06. The number of hydrogen-bond donors (Lipinski definition) is 0. The third kappa shape index (κ3) is 2.83. The van der Waals surface area contributed by atoms with E-state index in [1.54, 1.807) is 36.1 Å². The summed E-state index contributed by atoms with van der Waals surface area (Å²) in [5.41, 5.74) is 1.42. The summed E-state index contributed by atoms with van der Waals surface area (Å²) in [4.78, 5) is 13.6. The predicted octanol–water partition coefficient (Wildman–Crippen LogP) is 3.07. The quantitative estimate of drug-likeness (QED) is 0.739. The average Bonchev–Trinajstić information content (AvgIpc) is 2.94. The smallest absolute Gasteiger partial charge is 0.302 e. The van der Waals surface area contributed by atoms with Crippen LogP contribution in [0.4, 0.5) is 0 Å². The van der Waals surface area contributed by atoms with Gasteiger partial charge in [-0.05, 0) is 36.4 Å². The fourth-order valence-electron chi connectivity index (χ4n) is 2.29. The molecule has 6 heteroatoms. The maximum absolute atomic E-state index is 12.0. The minimum absolute atomic E-state index is 0.108. The topological polar surface area (TPSA) is 74.5 Å². The zero-order valence-electron chi connectivity index (χ0n) is 12.8. The molecule has 24 heavy (non-hydrogen) atoms. The second kappa shape index (κ2) is 6.49. The molecule has 5 nitrogen and oxygen atoms in total. The van der Waals surface area contributed by atoms with Crippen molar-refractivity contribution in [2.24, 2.45) is 7.05 Å². The second-order valence-corrected chi connectivity index (χ2v) is 6.18. The molecule has 0 fully saturated rings. The van der Waals surface area contributed by atoms with E-state index in [4.69, 9.17) is 5.26 Å². The van der Waals surface area contributed by atoms with Crippen molar-refractivity contribution in [3.63, 3.8) is 0 Å². The van der Waals surface area contributed by atoms with E-state index in [-0.39, 0.29) is 5.69 Å². The standard InChI is InChI=1S/C18H12N4OS/c1-21-9-10-22(18(21)23)14-5-7-15(8-6-14)24-17-4-2-3-13(11-19)16(17)12-20/h2-10H,1H3. The molecule has 0 saturated heterocycles. The van der Waals surface area contributed by atoms with E-state index in [0.717, 1.165) is 15.5 Å². The monoisotopic (exact) mass is 332 g/mol. The van der Waals surface area contributed by atoms with Gasteiger partial charge in [0.1, 0.15) is 12.1 Å². The molecule has 0 N–H and O–H groups in total. The van der Waals surface area contributed by atoms with E-state index in [0.29, 0.717) is 11.1 Å². The third-order valence-electron chi connectivity index (χ3n) is 3.55. The molecule has 0 atom stereocenters. The van der Waals surface area contributed by atoms with Gasteiger partial charge in [-0.25, -0.2) is 4.79 Å². The van der Waals surface area contributed by atoms with Crippen molar-refractivity contribution in [3.8, 4) is 17.8 Å². The minimum Gasteiger partial charge on any atom is -0.302 e. The number of rotatable bonds is 3. The van der Waals surface area contributed by atoms with Crippen LogP contribution in [0.25, 0.3) is 5.69 Å². The lowest BCUT2D eigenvalue weighted by molar-refractivity contribution is 0.823. The van der Waals surface area contributed by atoms with Crippen LogP contribution < -0.4 is 5.69 Å². The van der Waals surface area contributed by atoms with Crippen LogP contribution in [0.15, 0.2) is 69.4 Å². The van der Waals surface area contributed by atoms with Crippen molar-refractivity contribution in [2.75, 3.05) is 0 Å². The largest absolute Gasteiger partial charge is 0.332 e. The average molecular weight is 332 g/mol. The highest BCUT2D eigenvalue weighted by molar-refractivity contribution is 7.99. The van der Waals surface area contributed by atoms with Gasteiger partial charge in [0.2, 0.25) is 0 Å². The fourth-order valence-corrected chi connectivity index (χ4v) is 3.22. The molecule has 116 valence electrons. The number of nitriles is 2. The first-order valence-corrected chi connectivity index (χ1v) is 7.91. The Morgan fingerprint density at radius 2 is 1.75 bits per heavy atom. The molecule has 0 radical (unpaired) electrons. The highest BCUT2D eigenvalue weighted by Crippen LogP contribution is 2.31. The van der Waals surface area contributed by atoms with E-state index in [1.165, 1.54) is 16.3 Å². The van der Waals surface area contributed by atoms with Gasteiger partial charge in [0.25, 0.3) is 0 Å². The minimum atomic E-state index is -0.108. The molecule has 0 unspecified atom stereocenters. The zero-order valence-corrected chi connectivity index (χ0v) is 13.6. The van der Waals surface area contributed by atoms with Gasteiger partial charge in [0.05, 0.1) is 16.8 Å². The van der Waals surface area contributed by atoms with Crippen molar-refractivity contribution in [3.05, 3.63) is 76.5 Å². The number of aromatic nitrogens is 2. The van der Waals surface area contributed by atoms with E-state index >= 15 is 0 Å². The first-order chi connectivity index (χ1) is 11.6. The highest BCUT2D eigenvalue weighted by Gasteiger charge is 2.09. The van der Waals surface area contributed by atoms with Crippen LogP contribution in [0.5, 0.6) is 0 Å². The van der Waals surface area contributed by atoms with Crippen molar-refractivity contribution >= 4 is 11.8 Å². The Balaban J connectivity index is 1.91. The molecule has 0 spiro atoms. The van der Waals surface area contributed by atoms with Crippen molar-refractivity contribution in [1.29, 1.82) is 10.5 Å². The molecule has 0 bridgehead atoms. The van der Waals surface area contributed by atoms with Crippen LogP contribution in [0.3, 0.4) is 0 Å². The van der Waals surface area contributed by atoms with Gasteiger partial charge in [-0.1, -0.05) is 17.8 Å². The molecule has 0 saturated carbocycles. The van der Waals surface area contributed by atoms with E-state index in [2.05, 4.69) is 6.07 Å². The molecule has 1 heterocycles. The van der Waals surface area contributed by atoms with Crippen LogP contribution in [-0.4, -0.2) is 9.13 Å². The Labute approximate surface area is 143 Å². The Hall–Kier alpha value is -3.22. The number of aryl methyl sites for hydroxylation is 1. The van der Waals surface area contributed by atoms with E-state index in [1.807, 2.05) is 36.4 Å². The Morgan fingerprint density at radius 1 is 1.00 bits per heavy atom. The summed E-state index contributed by atoms with van der Waals surface area (Å²) in [5, 5.41) is 18.4. The van der Waals surface area contributed by atoms with Gasteiger partial charge in [0.15, 0.2) is 0 Å². The van der Waals surface area contributed by atoms with Gasteiger partial charge in [-0.3, -0.25) is 4.57 Å². The van der Waals surface area contributed by atoms with Crippen LogP contribution in [0.2, 0.25) is 0 Å². The molecule has 1 aromatic heterocycles. The Morgan fingerprint density at radius 3 is 2.33 bits per heavy atom. The lowest BCUT2D eigenvalue weighted by atomic mass is 10.1. The second-order valence-electron chi connectivity index (χ2n) is 5.06. The molecule has 0 aliphatic heterocycles. The number of nitrogens with zero attached hydrogens (tertiary/aromatic N) is 4. The van der Waals surface area contributed by atoms with Crippen LogP contribution in [0.1, 0.15) is 11.1 Å². The molecule has 2 aromatic carbocycles. The van der Waals surface area contributed by atoms with Crippen LogP contribution in [-0.2, 0) is 7.05 Å². The van der Waals surface area contributed by atoms with Gasteiger partial charge >= 0.3 is 5.69 Å². The summed E-state index contributed by atoms with van der Waals surface area (Å²) < 4.78 is 3.07. The molecular formula is C18H12N4OS. The summed E-state index contributed by atoms with van der Waals surface area (Å²) in [6, 6.07) is 16.8. The normalized spacial score (nSPS) is 10.1. The van der Waals surface area contributed by atoms with E-state index in [9.17, 15) is 10.1 Å². The zero-order chi connectivity index (χ0) is 17.1. The lowest BCUT2D eigenvalue weighted by Crippen LogP contribution is -2.20. The van der Waals surface area contributed by atoms with Crippen LogP contribution in [0, 0.1) is 22.7 Å². The molecular weight excluding hydrogens is 320 g/mol. The molecule has 0 aliphatic carbocycles. The number of hydrogen-bond acceptors (Lipinski definition) is 4. The van der Waals surface area contributed by atoms with Crippen LogP contribution >= 0.6 is 11.8 Å². The predicted molar refractivity (Wildman–Crippen MR) is 91.0 cm³/mol. The van der Waals surface area contributed by atoms with Gasteiger partial charge in [-0.2, -0.15) is 10.5 Å². The molecule has 0 amide bonds. The Bertz CT molecular complexity index is 1030. The fraction of sp³-hybridized carbons (Fsp3) is 0.0556. The number of benzene rings is 2. The number of imidazole rings is 1. The molecule has 0 aliphatic rings. The van der Waals surface area contributed by atoms with Crippen molar-refractivity contribution < 1.29 is 0 Å². The van der Waals surface area contributed by atoms with Gasteiger partial charge in [0, 0.05) is 29.2 Å². The summed E-state index contributed by atoms with van der Waals surface area (Å²) in [6.07, 6.45) is 3.42. The van der Waals surface area contributed by atoms with Gasteiger partial charge in [-0.15, -0.1) is 0 Å². The van der Waals surface area contributed by atoms with E-state index < -0.39 is 0 Å². The van der Waals surface area contributed by atoms with Crippen molar-refractivity contribution in [1.82, 2.24) is 9.13 Å². The first-order valence-electron chi connectivity index (χ1n) is 7.09. The first kappa shape index (κ1) is 15.7. The third-order valence-corrected chi connectivity index (χ3v) is 4.62. The summed E-state index contributed by atoms with van der Waals surface area (Å²) >= 11 is 1.42. The van der Waals surface area contributed by atoms with Crippen molar-refractivity contribution in [2.45, 2.75) is 9.79 Å². The molecule has 3 rings (SSSR count). The maximum Gasteiger partial charge on any atom is 0.332 e. The SMILES string of the molecule is Cn1ccn(-c2ccc(Sc3cccc(C#N)c3C#N)cc2)c1=O. The summed E-state index contributed by atoms with van der Waals surface area (Å²) in [7, 11) is 1.70. The summed E-state index contributed by atoms with van der Waals surface area (Å²) in [6.45, 7) is 0. The highest BCUT2D eigenvalue weighted by atomic mass is 32.2. The molecule has 3 aromatic rings.